The summed E-state index contributed by atoms with van der Waals surface area (Å²) in [5, 5.41) is 1.23. The van der Waals surface area contributed by atoms with Crippen molar-refractivity contribution >= 4 is 16.6 Å². The summed E-state index contributed by atoms with van der Waals surface area (Å²) in [6.45, 7) is 6.92. The van der Waals surface area contributed by atoms with Crippen molar-refractivity contribution in [2.45, 2.75) is 13.5 Å². The summed E-state index contributed by atoms with van der Waals surface area (Å²) in [5.41, 5.74) is 4.74. The van der Waals surface area contributed by atoms with Gasteiger partial charge in [0, 0.05) is 50.0 Å². The molecule has 6 nitrogen and oxygen atoms in total. The third-order valence-corrected chi connectivity index (χ3v) is 5.79. The molecule has 1 saturated heterocycles. The number of aromatic nitrogens is 1. The van der Waals surface area contributed by atoms with Crippen LogP contribution in [0.3, 0.4) is 0 Å². The van der Waals surface area contributed by atoms with E-state index < -0.39 is 0 Å². The van der Waals surface area contributed by atoms with E-state index in [1.165, 1.54) is 16.6 Å². The summed E-state index contributed by atoms with van der Waals surface area (Å²) >= 11 is 0. The van der Waals surface area contributed by atoms with Crippen molar-refractivity contribution in [3.63, 3.8) is 0 Å². The molecule has 30 heavy (non-hydrogen) atoms. The van der Waals surface area contributed by atoms with Gasteiger partial charge in [-0.3, -0.25) is 9.88 Å². The topological polar surface area (TPSA) is 47.1 Å². The maximum Gasteiger partial charge on any atom is 0.203 e. The Morgan fingerprint density at radius 2 is 1.60 bits per heavy atom. The maximum atomic E-state index is 5.50. The van der Waals surface area contributed by atoms with Crippen molar-refractivity contribution in [1.29, 1.82) is 0 Å². The molecule has 4 rings (SSSR count). The zero-order valence-electron chi connectivity index (χ0n) is 18.1. The Balaban J connectivity index is 1.48. The highest BCUT2D eigenvalue weighted by molar-refractivity contribution is 5.93. The van der Waals surface area contributed by atoms with E-state index in [4.69, 9.17) is 14.2 Å². The van der Waals surface area contributed by atoms with Crippen LogP contribution in [0.5, 0.6) is 17.2 Å². The summed E-state index contributed by atoms with van der Waals surface area (Å²) in [6.07, 6.45) is 1.92. The van der Waals surface area contributed by atoms with Crippen molar-refractivity contribution < 1.29 is 14.2 Å². The number of pyridine rings is 1. The van der Waals surface area contributed by atoms with E-state index >= 15 is 0 Å². The van der Waals surface area contributed by atoms with Crippen molar-refractivity contribution in [3.8, 4) is 17.2 Å². The van der Waals surface area contributed by atoms with Gasteiger partial charge < -0.3 is 19.1 Å². The largest absolute Gasteiger partial charge is 0.493 e. The molecule has 0 radical (unpaired) electrons. The fourth-order valence-electron chi connectivity index (χ4n) is 4.22. The predicted molar refractivity (Wildman–Crippen MR) is 120 cm³/mol. The minimum absolute atomic E-state index is 0.633. The van der Waals surface area contributed by atoms with Crippen LogP contribution in [0.2, 0.25) is 0 Å². The van der Waals surface area contributed by atoms with Gasteiger partial charge in [-0.05, 0) is 36.2 Å². The third kappa shape index (κ3) is 3.87. The molecule has 0 atom stereocenters. The molecule has 0 aliphatic carbocycles. The van der Waals surface area contributed by atoms with Gasteiger partial charge in [-0.25, -0.2) is 0 Å². The molecule has 0 bridgehead atoms. The molecule has 0 N–H and O–H groups in total. The molecule has 1 aliphatic rings. The molecule has 2 heterocycles. The van der Waals surface area contributed by atoms with Crippen LogP contribution < -0.4 is 19.1 Å². The normalized spacial score (nSPS) is 14.7. The second kappa shape index (κ2) is 8.79. The minimum Gasteiger partial charge on any atom is -0.493 e. The van der Waals surface area contributed by atoms with E-state index in [0.29, 0.717) is 17.2 Å². The summed E-state index contributed by atoms with van der Waals surface area (Å²) in [5.74, 6) is 2.03. The molecule has 2 aromatic carbocycles. The lowest BCUT2D eigenvalue weighted by Crippen LogP contribution is -2.46. The van der Waals surface area contributed by atoms with Crippen LogP contribution >= 0.6 is 0 Å². The Hall–Kier alpha value is -2.99. The number of benzene rings is 2. The van der Waals surface area contributed by atoms with Crippen molar-refractivity contribution in [2.75, 3.05) is 52.4 Å². The second-order valence-electron chi connectivity index (χ2n) is 7.60. The average Bonchev–Trinajstić information content (AvgIpc) is 2.79. The third-order valence-electron chi connectivity index (χ3n) is 5.79. The van der Waals surface area contributed by atoms with Crippen LogP contribution in [-0.2, 0) is 6.54 Å². The fourth-order valence-corrected chi connectivity index (χ4v) is 4.22. The minimum atomic E-state index is 0.633. The zero-order valence-corrected chi connectivity index (χ0v) is 18.1. The Kier molecular flexibility index (Phi) is 5.95. The number of anilines is 1. The number of para-hydroxylation sites is 1. The van der Waals surface area contributed by atoms with E-state index in [0.717, 1.165) is 43.8 Å². The monoisotopic (exact) mass is 407 g/mol. The lowest BCUT2D eigenvalue weighted by molar-refractivity contribution is 0.248. The number of ether oxygens (including phenoxy) is 3. The first-order valence-corrected chi connectivity index (χ1v) is 10.2. The Morgan fingerprint density at radius 3 is 2.23 bits per heavy atom. The summed E-state index contributed by atoms with van der Waals surface area (Å²) in [4.78, 5) is 9.51. The maximum absolute atomic E-state index is 5.50. The van der Waals surface area contributed by atoms with Gasteiger partial charge in [-0.15, -0.1) is 0 Å². The lowest BCUT2D eigenvalue weighted by Gasteiger charge is -2.36. The first kappa shape index (κ1) is 20.3. The van der Waals surface area contributed by atoms with Gasteiger partial charge >= 0.3 is 0 Å². The Bertz CT molecular complexity index is 1000. The van der Waals surface area contributed by atoms with Crippen LogP contribution in [0.15, 0.2) is 42.6 Å². The standard InChI is InChI=1S/C24H29N3O3/c1-17-6-5-7-19-20(8-9-25-23(17)19)27-12-10-26(11-13-27)16-18-14-21(28-2)24(30-4)22(15-18)29-3/h5-9,14-15H,10-13,16H2,1-4H3. The van der Waals surface area contributed by atoms with Crippen LogP contribution in [0.4, 0.5) is 5.69 Å². The Morgan fingerprint density at radius 1 is 0.900 bits per heavy atom. The first-order chi connectivity index (χ1) is 14.6. The highest BCUT2D eigenvalue weighted by Gasteiger charge is 2.21. The van der Waals surface area contributed by atoms with Crippen LogP contribution in [0, 0.1) is 6.92 Å². The fraction of sp³-hybridized carbons (Fsp3) is 0.375. The molecule has 0 spiro atoms. The number of rotatable bonds is 6. The number of methoxy groups -OCH3 is 3. The van der Waals surface area contributed by atoms with Crippen molar-refractivity contribution in [1.82, 2.24) is 9.88 Å². The zero-order chi connectivity index (χ0) is 21.1. The molecular formula is C24H29N3O3. The van der Waals surface area contributed by atoms with Crippen molar-refractivity contribution in [2.24, 2.45) is 0 Å². The summed E-state index contributed by atoms with van der Waals surface area (Å²) in [7, 11) is 4.94. The average molecular weight is 408 g/mol. The highest BCUT2D eigenvalue weighted by atomic mass is 16.5. The van der Waals surface area contributed by atoms with E-state index in [1.54, 1.807) is 21.3 Å². The molecule has 0 unspecified atom stereocenters. The quantitative estimate of drug-likeness (QED) is 0.618. The highest BCUT2D eigenvalue weighted by Crippen LogP contribution is 2.38. The number of hydrogen-bond acceptors (Lipinski definition) is 6. The number of aryl methyl sites for hydroxylation is 1. The van der Waals surface area contributed by atoms with E-state index in [2.05, 4.69) is 46.0 Å². The molecule has 3 aromatic rings. The SMILES string of the molecule is COc1cc(CN2CCN(c3ccnc4c(C)cccc34)CC2)cc(OC)c1OC. The number of nitrogens with zero attached hydrogens (tertiary/aromatic N) is 3. The van der Waals surface area contributed by atoms with Gasteiger partial charge in [0.1, 0.15) is 0 Å². The molecular weight excluding hydrogens is 378 g/mol. The van der Waals surface area contributed by atoms with E-state index in [-0.39, 0.29) is 0 Å². The van der Waals surface area contributed by atoms with Gasteiger partial charge in [-0.2, -0.15) is 0 Å². The summed E-state index contributed by atoms with van der Waals surface area (Å²) in [6, 6.07) is 12.6. The molecule has 0 saturated carbocycles. The molecule has 0 amide bonds. The Labute approximate surface area is 178 Å². The first-order valence-electron chi connectivity index (χ1n) is 10.2. The summed E-state index contributed by atoms with van der Waals surface area (Å²) < 4.78 is 16.4. The van der Waals surface area contributed by atoms with E-state index in [9.17, 15) is 0 Å². The molecule has 1 aromatic heterocycles. The number of fused-ring (bicyclic) bond motifs is 1. The van der Waals surface area contributed by atoms with Gasteiger partial charge in [0.25, 0.3) is 0 Å². The van der Waals surface area contributed by atoms with Crippen LogP contribution in [-0.4, -0.2) is 57.4 Å². The number of hydrogen-bond donors (Lipinski definition) is 0. The lowest BCUT2D eigenvalue weighted by atomic mass is 10.1. The number of piperazine rings is 1. The van der Waals surface area contributed by atoms with Crippen LogP contribution in [0.1, 0.15) is 11.1 Å². The van der Waals surface area contributed by atoms with E-state index in [1.807, 2.05) is 18.3 Å². The van der Waals surface area contributed by atoms with Crippen LogP contribution in [0.25, 0.3) is 10.9 Å². The van der Waals surface area contributed by atoms with Gasteiger partial charge in [0.2, 0.25) is 5.75 Å². The van der Waals surface area contributed by atoms with Gasteiger partial charge in [0.15, 0.2) is 11.5 Å². The van der Waals surface area contributed by atoms with Gasteiger partial charge in [-0.1, -0.05) is 18.2 Å². The molecule has 6 heteroatoms. The second-order valence-corrected chi connectivity index (χ2v) is 7.60. The molecule has 1 aliphatic heterocycles. The van der Waals surface area contributed by atoms with Crippen molar-refractivity contribution in [3.05, 3.63) is 53.7 Å². The predicted octanol–water partition coefficient (Wildman–Crippen LogP) is 3.89. The smallest absolute Gasteiger partial charge is 0.203 e. The molecule has 1 fully saturated rings. The van der Waals surface area contributed by atoms with Gasteiger partial charge in [0.05, 0.1) is 26.8 Å². The molecule has 158 valence electrons.